The number of carbonyl (C=O) groups excluding carboxylic acids is 2. The molecule has 1 heterocycles. The molecule has 0 saturated heterocycles. The Kier molecular flexibility index (Phi) is 7.14. The third-order valence-electron chi connectivity index (χ3n) is 5.17. The summed E-state index contributed by atoms with van der Waals surface area (Å²) < 4.78 is 0. The summed E-state index contributed by atoms with van der Waals surface area (Å²) in [5.41, 5.74) is 2.32. The molecule has 2 aromatic rings. The second kappa shape index (κ2) is 9.80. The van der Waals surface area contributed by atoms with Gasteiger partial charge in [-0.05, 0) is 42.7 Å². The van der Waals surface area contributed by atoms with Crippen molar-refractivity contribution in [2.24, 2.45) is 0 Å². The maximum absolute atomic E-state index is 13.3. The number of hydrogen-bond acceptors (Lipinski definition) is 4. The second-order valence-electron chi connectivity index (χ2n) is 7.52. The molecule has 0 aliphatic carbocycles. The molecule has 8 nitrogen and oxygen atoms in total. The number of aliphatic hydroxyl groups is 1. The molecule has 0 fully saturated rings. The minimum atomic E-state index is -1.25. The lowest BCUT2D eigenvalue weighted by Crippen LogP contribution is -2.58. The first-order chi connectivity index (χ1) is 14.7. The van der Waals surface area contributed by atoms with Gasteiger partial charge in [-0.3, -0.25) is 9.59 Å². The Balaban J connectivity index is 1.78. The van der Waals surface area contributed by atoms with E-state index in [0.717, 1.165) is 11.1 Å². The van der Waals surface area contributed by atoms with Crippen LogP contribution in [0.1, 0.15) is 24.5 Å². The normalized spacial score (nSPS) is 17.3. The van der Waals surface area contributed by atoms with Crippen LogP contribution in [-0.2, 0) is 22.6 Å². The fourth-order valence-corrected chi connectivity index (χ4v) is 3.86. The standard InChI is InChI=1S/C22H24ClN3O5/c1-13(27)20(25-22(31)24-17-8-4-7-16(23)10-17)21(30)26-12-15-6-3-2-5-14(15)9-18(26)11-19(28)29/h2-8,10,13,18,20,27H,9,11-12H2,1H3,(H,28,29)(H2,24,25,31)/t13?,18-,20?/m1/s1. The maximum atomic E-state index is 13.3. The summed E-state index contributed by atoms with van der Waals surface area (Å²) in [6, 6.07) is 11.5. The predicted octanol–water partition coefficient (Wildman–Crippen LogP) is 2.64. The van der Waals surface area contributed by atoms with E-state index in [2.05, 4.69) is 10.6 Å². The summed E-state index contributed by atoms with van der Waals surface area (Å²) in [7, 11) is 0. The average Bonchev–Trinajstić information content (AvgIpc) is 2.70. The van der Waals surface area contributed by atoms with Crippen LogP contribution in [0, 0.1) is 0 Å². The number of carboxylic acid groups (broad SMARTS) is 1. The van der Waals surface area contributed by atoms with E-state index in [1.165, 1.54) is 11.8 Å². The van der Waals surface area contributed by atoms with Gasteiger partial charge in [0.25, 0.3) is 0 Å². The van der Waals surface area contributed by atoms with Crippen LogP contribution in [0.4, 0.5) is 10.5 Å². The SMILES string of the molecule is CC(O)C(NC(=O)Nc1cccc(Cl)c1)C(=O)N1Cc2ccccc2C[C@@H]1CC(=O)O. The highest BCUT2D eigenvalue weighted by Crippen LogP contribution is 2.26. The fourth-order valence-electron chi connectivity index (χ4n) is 3.67. The van der Waals surface area contributed by atoms with Crippen LogP contribution < -0.4 is 10.6 Å². The van der Waals surface area contributed by atoms with Crippen LogP contribution >= 0.6 is 11.6 Å². The Bertz CT molecular complexity index is 981. The summed E-state index contributed by atoms with van der Waals surface area (Å²) in [6.07, 6.45) is -1.04. The van der Waals surface area contributed by atoms with Gasteiger partial charge >= 0.3 is 12.0 Å². The third-order valence-corrected chi connectivity index (χ3v) is 5.40. The lowest BCUT2D eigenvalue weighted by Gasteiger charge is -2.39. The summed E-state index contributed by atoms with van der Waals surface area (Å²) in [5, 5.41) is 25.0. The van der Waals surface area contributed by atoms with Crippen molar-refractivity contribution in [1.82, 2.24) is 10.2 Å². The van der Waals surface area contributed by atoms with Crippen molar-refractivity contribution in [2.75, 3.05) is 5.32 Å². The Labute approximate surface area is 184 Å². The Morgan fingerprint density at radius 2 is 1.87 bits per heavy atom. The van der Waals surface area contributed by atoms with Crippen molar-refractivity contribution < 1.29 is 24.6 Å². The number of fused-ring (bicyclic) bond motifs is 1. The van der Waals surface area contributed by atoms with Crippen molar-refractivity contribution in [3.8, 4) is 0 Å². The molecule has 3 amide bonds. The molecule has 0 saturated carbocycles. The second-order valence-corrected chi connectivity index (χ2v) is 7.95. The van der Waals surface area contributed by atoms with Crippen LogP contribution in [0.15, 0.2) is 48.5 Å². The number of aliphatic carboxylic acids is 1. The molecule has 1 aliphatic rings. The van der Waals surface area contributed by atoms with Gasteiger partial charge in [-0.15, -0.1) is 0 Å². The van der Waals surface area contributed by atoms with E-state index in [9.17, 15) is 24.6 Å². The van der Waals surface area contributed by atoms with E-state index in [-0.39, 0.29) is 13.0 Å². The summed E-state index contributed by atoms with van der Waals surface area (Å²) in [6.45, 7) is 1.60. The zero-order valence-corrected chi connectivity index (χ0v) is 17.7. The molecule has 0 radical (unpaired) electrons. The number of urea groups is 1. The van der Waals surface area contributed by atoms with E-state index in [0.29, 0.717) is 17.1 Å². The smallest absolute Gasteiger partial charge is 0.319 e. The molecule has 3 rings (SSSR count). The number of amides is 3. The van der Waals surface area contributed by atoms with Crippen molar-refractivity contribution in [1.29, 1.82) is 0 Å². The number of rotatable bonds is 6. The zero-order chi connectivity index (χ0) is 22.5. The minimum absolute atomic E-state index is 0.202. The first-order valence-corrected chi connectivity index (χ1v) is 10.2. The number of carboxylic acids is 1. The maximum Gasteiger partial charge on any atom is 0.319 e. The Morgan fingerprint density at radius 3 is 2.52 bits per heavy atom. The monoisotopic (exact) mass is 445 g/mol. The largest absolute Gasteiger partial charge is 0.481 e. The number of anilines is 1. The molecule has 0 aromatic heterocycles. The van der Waals surface area contributed by atoms with E-state index in [4.69, 9.17) is 11.6 Å². The van der Waals surface area contributed by atoms with Crippen LogP contribution in [0.25, 0.3) is 0 Å². The molecule has 3 atom stereocenters. The van der Waals surface area contributed by atoms with E-state index in [1.54, 1.807) is 24.3 Å². The highest BCUT2D eigenvalue weighted by Gasteiger charge is 2.37. The molecule has 2 aromatic carbocycles. The van der Waals surface area contributed by atoms with Gasteiger partial charge in [-0.25, -0.2) is 4.79 Å². The first kappa shape index (κ1) is 22.6. The minimum Gasteiger partial charge on any atom is -0.481 e. The van der Waals surface area contributed by atoms with Gasteiger partial charge in [-0.1, -0.05) is 41.9 Å². The lowest BCUT2D eigenvalue weighted by atomic mass is 9.91. The Morgan fingerprint density at radius 1 is 1.16 bits per heavy atom. The first-order valence-electron chi connectivity index (χ1n) is 9.85. The van der Waals surface area contributed by atoms with Gasteiger partial charge in [0.15, 0.2) is 0 Å². The van der Waals surface area contributed by atoms with Crippen molar-refractivity contribution in [3.63, 3.8) is 0 Å². The lowest BCUT2D eigenvalue weighted by molar-refractivity contribution is -0.143. The molecule has 9 heteroatoms. The highest BCUT2D eigenvalue weighted by atomic mass is 35.5. The van der Waals surface area contributed by atoms with Gasteiger partial charge in [-0.2, -0.15) is 0 Å². The molecule has 31 heavy (non-hydrogen) atoms. The molecular formula is C22H24ClN3O5. The van der Waals surface area contributed by atoms with Crippen LogP contribution in [0.2, 0.25) is 5.02 Å². The van der Waals surface area contributed by atoms with Gasteiger partial charge in [0, 0.05) is 23.3 Å². The zero-order valence-electron chi connectivity index (χ0n) is 16.9. The van der Waals surface area contributed by atoms with Crippen LogP contribution in [0.3, 0.4) is 0 Å². The molecule has 4 N–H and O–H groups in total. The van der Waals surface area contributed by atoms with Crippen molar-refractivity contribution in [3.05, 3.63) is 64.7 Å². The number of halogens is 1. The number of carbonyl (C=O) groups is 3. The van der Waals surface area contributed by atoms with Gasteiger partial charge in [0.1, 0.15) is 6.04 Å². The fraction of sp³-hybridized carbons (Fsp3) is 0.318. The Hall–Kier alpha value is -3.10. The molecule has 0 bridgehead atoms. The van der Waals surface area contributed by atoms with Gasteiger partial charge in [0.2, 0.25) is 5.91 Å². The summed E-state index contributed by atoms with van der Waals surface area (Å²) >= 11 is 5.91. The molecule has 2 unspecified atom stereocenters. The topological polar surface area (TPSA) is 119 Å². The van der Waals surface area contributed by atoms with Crippen molar-refractivity contribution in [2.45, 2.75) is 44.5 Å². The number of benzene rings is 2. The summed E-state index contributed by atoms with van der Waals surface area (Å²) in [4.78, 5) is 38.5. The van der Waals surface area contributed by atoms with E-state index in [1.807, 2.05) is 24.3 Å². The van der Waals surface area contributed by atoms with Crippen molar-refractivity contribution >= 4 is 35.2 Å². The molecule has 0 spiro atoms. The van der Waals surface area contributed by atoms with E-state index < -0.39 is 36.1 Å². The highest BCUT2D eigenvalue weighted by molar-refractivity contribution is 6.30. The van der Waals surface area contributed by atoms with Gasteiger partial charge in [0.05, 0.1) is 12.5 Å². The quantitative estimate of drug-likeness (QED) is 0.545. The predicted molar refractivity (Wildman–Crippen MR) is 116 cm³/mol. The van der Waals surface area contributed by atoms with Crippen LogP contribution in [-0.4, -0.2) is 51.2 Å². The number of nitrogens with zero attached hydrogens (tertiary/aromatic N) is 1. The van der Waals surface area contributed by atoms with Crippen LogP contribution in [0.5, 0.6) is 0 Å². The number of aliphatic hydroxyl groups excluding tert-OH is 1. The molecule has 164 valence electrons. The van der Waals surface area contributed by atoms with Gasteiger partial charge < -0.3 is 25.7 Å². The summed E-state index contributed by atoms with van der Waals surface area (Å²) in [5.74, 6) is -1.57. The van der Waals surface area contributed by atoms with E-state index >= 15 is 0 Å². The average molecular weight is 446 g/mol. The molecule has 1 aliphatic heterocycles. The number of nitrogens with one attached hydrogen (secondary N) is 2. The number of hydrogen-bond donors (Lipinski definition) is 4. The third kappa shape index (κ3) is 5.74. The molecular weight excluding hydrogens is 422 g/mol.